The summed E-state index contributed by atoms with van der Waals surface area (Å²) in [7, 11) is 0. The SMILES string of the molecule is c1ccc(-c2ccc3cc(C4CCCC4)ccc3n2)cc1. The topological polar surface area (TPSA) is 12.9 Å². The van der Waals surface area contributed by atoms with Crippen LogP contribution >= 0.6 is 0 Å². The van der Waals surface area contributed by atoms with E-state index in [-0.39, 0.29) is 0 Å². The maximum atomic E-state index is 4.81. The summed E-state index contributed by atoms with van der Waals surface area (Å²) in [5.41, 5.74) is 4.82. The van der Waals surface area contributed by atoms with Gasteiger partial charge in [0.15, 0.2) is 0 Å². The van der Waals surface area contributed by atoms with Gasteiger partial charge < -0.3 is 0 Å². The average Bonchev–Trinajstić information content (AvgIpc) is 3.09. The van der Waals surface area contributed by atoms with Gasteiger partial charge in [-0.1, -0.05) is 55.3 Å². The van der Waals surface area contributed by atoms with Crippen LogP contribution < -0.4 is 0 Å². The van der Waals surface area contributed by atoms with E-state index in [4.69, 9.17) is 4.98 Å². The Morgan fingerprint density at radius 3 is 2.43 bits per heavy atom. The lowest BCUT2D eigenvalue weighted by Crippen LogP contribution is -1.93. The van der Waals surface area contributed by atoms with E-state index >= 15 is 0 Å². The van der Waals surface area contributed by atoms with Crippen LogP contribution in [0, 0.1) is 0 Å². The van der Waals surface area contributed by atoms with Crippen molar-refractivity contribution in [1.29, 1.82) is 0 Å². The Morgan fingerprint density at radius 2 is 1.62 bits per heavy atom. The van der Waals surface area contributed by atoms with Crippen molar-refractivity contribution in [2.45, 2.75) is 31.6 Å². The first-order valence-corrected chi connectivity index (χ1v) is 7.86. The fourth-order valence-corrected chi connectivity index (χ4v) is 3.43. The minimum Gasteiger partial charge on any atom is -0.248 e. The van der Waals surface area contributed by atoms with Gasteiger partial charge in [0.05, 0.1) is 11.2 Å². The second-order valence-corrected chi connectivity index (χ2v) is 6.00. The number of nitrogens with zero attached hydrogens (tertiary/aromatic N) is 1. The van der Waals surface area contributed by atoms with Crippen molar-refractivity contribution in [3.63, 3.8) is 0 Å². The van der Waals surface area contributed by atoms with Crippen LogP contribution in [0.15, 0.2) is 60.7 Å². The molecule has 0 amide bonds. The summed E-state index contributed by atoms with van der Waals surface area (Å²) < 4.78 is 0. The van der Waals surface area contributed by atoms with E-state index in [0.717, 1.165) is 17.1 Å². The quantitative estimate of drug-likeness (QED) is 0.595. The van der Waals surface area contributed by atoms with Crippen LogP contribution in [0.1, 0.15) is 37.2 Å². The lowest BCUT2D eigenvalue weighted by molar-refractivity contribution is 0.724. The molecule has 0 bridgehead atoms. The molecule has 3 aromatic rings. The molecule has 1 aromatic heterocycles. The molecule has 21 heavy (non-hydrogen) atoms. The van der Waals surface area contributed by atoms with E-state index in [1.165, 1.54) is 42.2 Å². The fourth-order valence-electron chi connectivity index (χ4n) is 3.43. The van der Waals surface area contributed by atoms with Crippen molar-refractivity contribution in [3.8, 4) is 11.3 Å². The first-order chi connectivity index (χ1) is 10.4. The maximum absolute atomic E-state index is 4.81. The van der Waals surface area contributed by atoms with Crippen LogP contribution in [0.2, 0.25) is 0 Å². The van der Waals surface area contributed by atoms with Crippen molar-refractivity contribution < 1.29 is 0 Å². The number of hydrogen-bond acceptors (Lipinski definition) is 1. The lowest BCUT2D eigenvalue weighted by Gasteiger charge is -2.11. The van der Waals surface area contributed by atoms with Gasteiger partial charge in [0.2, 0.25) is 0 Å². The van der Waals surface area contributed by atoms with Crippen LogP contribution in [-0.2, 0) is 0 Å². The minimum atomic E-state index is 0.767. The lowest BCUT2D eigenvalue weighted by atomic mass is 9.96. The molecule has 1 heteroatoms. The normalized spacial score (nSPS) is 15.6. The molecule has 4 rings (SSSR count). The number of benzene rings is 2. The highest BCUT2D eigenvalue weighted by Crippen LogP contribution is 2.35. The summed E-state index contributed by atoms with van der Waals surface area (Å²) in [5, 5.41) is 1.26. The zero-order valence-electron chi connectivity index (χ0n) is 12.1. The molecule has 2 aromatic carbocycles. The Hall–Kier alpha value is -2.15. The first kappa shape index (κ1) is 12.6. The van der Waals surface area contributed by atoms with E-state index in [0.29, 0.717) is 0 Å². The molecule has 0 radical (unpaired) electrons. The molecule has 0 atom stereocenters. The molecule has 104 valence electrons. The van der Waals surface area contributed by atoms with Gasteiger partial charge in [0.1, 0.15) is 0 Å². The molecular weight excluding hydrogens is 254 g/mol. The van der Waals surface area contributed by atoms with Crippen LogP contribution in [0.5, 0.6) is 0 Å². The van der Waals surface area contributed by atoms with Crippen molar-refractivity contribution in [3.05, 3.63) is 66.2 Å². The second-order valence-electron chi connectivity index (χ2n) is 6.00. The molecule has 0 saturated heterocycles. The van der Waals surface area contributed by atoms with Crippen LogP contribution in [-0.4, -0.2) is 4.98 Å². The largest absolute Gasteiger partial charge is 0.248 e. The highest BCUT2D eigenvalue weighted by atomic mass is 14.7. The van der Waals surface area contributed by atoms with Gasteiger partial charge >= 0.3 is 0 Å². The molecule has 0 spiro atoms. The van der Waals surface area contributed by atoms with Crippen LogP contribution in [0.3, 0.4) is 0 Å². The fraction of sp³-hybridized carbons (Fsp3) is 0.250. The van der Waals surface area contributed by atoms with Gasteiger partial charge in [0.25, 0.3) is 0 Å². The summed E-state index contributed by atoms with van der Waals surface area (Å²) in [6.07, 6.45) is 5.46. The highest BCUT2D eigenvalue weighted by molar-refractivity contribution is 5.82. The zero-order valence-corrected chi connectivity index (χ0v) is 12.1. The van der Waals surface area contributed by atoms with Gasteiger partial charge in [0, 0.05) is 10.9 Å². The molecule has 1 aliphatic rings. The molecule has 1 saturated carbocycles. The van der Waals surface area contributed by atoms with Gasteiger partial charge in [-0.15, -0.1) is 0 Å². The Morgan fingerprint density at radius 1 is 0.810 bits per heavy atom. The van der Waals surface area contributed by atoms with Gasteiger partial charge in [-0.25, -0.2) is 4.98 Å². The number of pyridine rings is 1. The van der Waals surface area contributed by atoms with Crippen molar-refractivity contribution in [1.82, 2.24) is 4.98 Å². The Balaban J connectivity index is 1.74. The molecule has 0 N–H and O–H groups in total. The van der Waals surface area contributed by atoms with E-state index in [9.17, 15) is 0 Å². The summed E-state index contributed by atoms with van der Waals surface area (Å²) in [6, 6.07) is 21.5. The smallest absolute Gasteiger partial charge is 0.0709 e. The molecule has 1 aliphatic carbocycles. The molecule has 1 fully saturated rings. The number of rotatable bonds is 2. The minimum absolute atomic E-state index is 0.767. The third kappa shape index (κ3) is 2.44. The number of fused-ring (bicyclic) bond motifs is 1. The van der Waals surface area contributed by atoms with E-state index in [1.54, 1.807) is 0 Å². The van der Waals surface area contributed by atoms with Crippen molar-refractivity contribution in [2.75, 3.05) is 0 Å². The summed E-state index contributed by atoms with van der Waals surface area (Å²) >= 11 is 0. The average molecular weight is 273 g/mol. The predicted molar refractivity (Wildman–Crippen MR) is 88.4 cm³/mol. The predicted octanol–water partition coefficient (Wildman–Crippen LogP) is 5.56. The standard InChI is InChI=1S/C20H19N/c1-2-8-16(9-3-1)19-13-11-18-14-17(10-12-20(18)21-19)15-6-4-5-7-15/h1-3,8-15H,4-7H2. The Labute approximate surface area is 125 Å². The number of aromatic nitrogens is 1. The van der Waals surface area contributed by atoms with E-state index < -0.39 is 0 Å². The van der Waals surface area contributed by atoms with Crippen LogP contribution in [0.25, 0.3) is 22.2 Å². The molecule has 1 nitrogen and oxygen atoms in total. The summed E-state index contributed by atoms with van der Waals surface area (Å²) in [5.74, 6) is 0.767. The first-order valence-electron chi connectivity index (χ1n) is 7.86. The highest BCUT2D eigenvalue weighted by Gasteiger charge is 2.17. The van der Waals surface area contributed by atoms with Gasteiger partial charge in [-0.2, -0.15) is 0 Å². The second kappa shape index (κ2) is 5.33. The third-order valence-corrected chi connectivity index (χ3v) is 4.61. The summed E-state index contributed by atoms with van der Waals surface area (Å²) in [4.78, 5) is 4.81. The van der Waals surface area contributed by atoms with Crippen molar-refractivity contribution in [2.24, 2.45) is 0 Å². The maximum Gasteiger partial charge on any atom is 0.0709 e. The zero-order chi connectivity index (χ0) is 14.1. The van der Waals surface area contributed by atoms with E-state index in [2.05, 4.69) is 54.6 Å². The third-order valence-electron chi connectivity index (χ3n) is 4.61. The monoisotopic (exact) mass is 273 g/mol. The summed E-state index contributed by atoms with van der Waals surface area (Å²) in [6.45, 7) is 0. The Bertz CT molecular complexity index is 755. The molecule has 1 heterocycles. The van der Waals surface area contributed by atoms with E-state index in [1.807, 2.05) is 6.07 Å². The van der Waals surface area contributed by atoms with Crippen molar-refractivity contribution >= 4 is 10.9 Å². The Kier molecular flexibility index (Phi) is 3.19. The van der Waals surface area contributed by atoms with Crippen LogP contribution in [0.4, 0.5) is 0 Å². The molecular formula is C20H19N. The molecule has 0 unspecified atom stereocenters. The van der Waals surface area contributed by atoms with Gasteiger partial charge in [-0.05, 0) is 42.5 Å². The number of hydrogen-bond donors (Lipinski definition) is 0. The van der Waals surface area contributed by atoms with Gasteiger partial charge in [-0.3, -0.25) is 0 Å². The molecule has 0 aliphatic heterocycles.